The van der Waals surface area contributed by atoms with Gasteiger partial charge in [-0.2, -0.15) is 12.6 Å². The lowest BCUT2D eigenvalue weighted by molar-refractivity contribution is 0.712. The SMILES string of the molecule is SCCCCCCSc1nccs1. The van der Waals surface area contributed by atoms with Gasteiger partial charge in [0, 0.05) is 17.3 Å². The molecule has 0 saturated heterocycles. The minimum atomic E-state index is 1.03. The summed E-state index contributed by atoms with van der Waals surface area (Å²) < 4.78 is 1.20. The van der Waals surface area contributed by atoms with E-state index < -0.39 is 0 Å². The number of aromatic nitrogens is 1. The number of thioether (sulfide) groups is 1. The van der Waals surface area contributed by atoms with Crippen LogP contribution in [0.2, 0.25) is 0 Å². The van der Waals surface area contributed by atoms with Crippen LogP contribution in [0.5, 0.6) is 0 Å². The predicted octanol–water partition coefficient (Wildman–Crippen LogP) is 3.73. The Morgan fingerprint density at radius 2 is 2.15 bits per heavy atom. The molecule has 0 unspecified atom stereocenters. The van der Waals surface area contributed by atoms with Crippen molar-refractivity contribution in [2.75, 3.05) is 11.5 Å². The van der Waals surface area contributed by atoms with Crippen LogP contribution in [0.1, 0.15) is 25.7 Å². The third kappa shape index (κ3) is 5.60. The number of rotatable bonds is 7. The van der Waals surface area contributed by atoms with E-state index in [1.807, 2.05) is 23.3 Å². The molecule has 0 bridgehead atoms. The van der Waals surface area contributed by atoms with Crippen molar-refractivity contribution in [2.45, 2.75) is 30.0 Å². The first-order chi connectivity index (χ1) is 6.43. The number of nitrogens with zero attached hydrogens (tertiary/aromatic N) is 1. The molecule has 0 aromatic carbocycles. The van der Waals surface area contributed by atoms with Crippen molar-refractivity contribution in [2.24, 2.45) is 0 Å². The highest BCUT2D eigenvalue weighted by molar-refractivity contribution is 8.00. The van der Waals surface area contributed by atoms with Crippen LogP contribution in [0, 0.1) is 0 Å². The van der Waals surface area contributed by atoms with E-state index >= 15 is 0 Å². The van der Waals surface area contributed by atoms with Gasteiger partial charge in [-0.3, -0.25) is 0 Å². The molecule has 74 valence electrons. The summed E-state index contributed by atoms with van der Waals surface area (Å²) in [6, 6.07) is 0. The lowest BCUT2D eigenvalue weighted by Crippen LogP contribution is -1.82. The molecule has 1 aromatic heterocycles. The first-order valence-corrected chi connectivity index (χ1v) is 7.06. The lowest BCUT2D eigenvalue weighted by Gasteiger charge is -1.97. The molecule has 0 saturated carbocycles. The molecule has 4 heteroatoms. The molecule has 1 heterocycles. The molecule has 0 aliphatic rings. The molecule has 0 spiro atoms. The van der Waals surface area contributed by atoms with E-state index in [4.69, 9.17) is 0 Å². The molecule has 13 heavy (non-hydrogen) atoms. The normalized spacial score (nSPS) is 10.5. The Bertz CT molecular complexity index is 199. The average molecular weight is 233 g/mol. The highest BCUT2D eigenvalue weighted by Crippen LogP contribution is 2.21. The third-order valence-corrected chi connectivity index (χ3v) is 4.06. The molecular formula is C9H15NS3. The Hall–Kier alpha value is 0.330. The van der Waals surface area contributed by atoms with Crippen LogP contribution in [-0.4, -0.2) is 16.5 Å². The second-order valence-corrected chi connectivity index (χ2v) is 5.47. The van der Waals surface area contributed by atoms with Crippen LogP contribution in [0.4, 0.5) is 0 Å². The van der Waals surface area contributed by atoms with Crippen molar-refractivity contribution in [3.05, 3.63) is 11.6 Å². The molecule has 1 rings (SSSR count). The maximum atomic E-state index is 4.22. The summed E-state index contributed by atoms with van der Waals surface area (Å²) in [5, 5.41) is 2.03. The monoisotopic (exact) mass is 233 g/mol. The van der Waals surface area contributed by atoms with Gasteiger partial charge in [0.05, 0.1) is 0 Å². The minimum Gasteiger partial charge on any atom is -0.238 e. The summed E-state index contributed by atoms with van der Waals surface area (Å²) in [5.74, 6) is 2.24. The summed E-state index contributed by atoms with van der Waals surface area (Å²) in [5.41, 5.74) is 0. The van der Waals surface area contributed by atoms with Gasteiger partial charge in [0.15, 0.2) is 0 Å². The van der Waals surface area contributed by atoms with Gasteiger partial charge in [0.2, 0.25) is 0 Å². The van der Waals surface area contributed by atoms with Gasteiger partial charge in [-0.05, 0) is 18.6 Å². The second-order valence-electron chi connectivity index (χ2n) is 2.78. The first-order valence-electron chi connectivity index (χ1n) is 4.56. The van der Waals surface area contributed by atoms with E-state index in [2.05, 4.69) is 17.6 Å². The van der Waals surface area contributed by atoms with E-state index in [9.17, 15) is 0 Å². The molecule has 0 radical (unpaired) electrons. The molecule has 1 aromatic rings. The third-order valence-electron chi connectivity index (χ3n) is 1.69. The van der Waals surface area contributed by atoms with Crippen molar-refractivity contribution >= 4 is 35.7 Å². The van der Waals surface area contributed by atoms with Crippen LogP contribution in [0.15, 0.2) is 15.9 Å². The summed E-state index contributed by atoms with van der Waals surface area (Å²) in [6.07, 6.45) is 7.08. The standard InChI is InChI=1S/C9H15NS3/c11-6-3-1-2-4-7-12-9-10-5-8-13-9/h5,8,11H,1-4,6-7H2. The highest BCUT2D eigenvalue weighted by Gasteiger charge is 1.95. The van der Waals surface area contributed by atoms with Crippen LogP contribution in [-0.2, 0) is 0 Å². The zero-order valence-corrected chi connectivity index (χ0v) is 10.1. The van der Waals surface area contributed by atoms with Crippen molar-refractivity contribution in [1.82, 2.24) is 4.98 Å². The number of thiol groups is 1. The topological polar surface area (TPSA) is 12.9 Å². The Kier molecular flexibility index (Phi) is 6.76. The Morgan fingerprint density at radius 1 is 1.31 bits per heavy atom. The van der Waals surface area contributed by atoms with Gasteiger partial charge in [-0.1, -0.05) is 24.6 Å². The fourth-order valence-corrected chi connectivity index (χ4v) is 2.94. The molecule has 0 amide bonds. The summed E-state index contributed by atoms with van der Waals surface area (Å²) in [4.78, 5) is 4.22. The van der Waals surface area contributed by atoms with Gasteiger partial charge < -0.3 is 0 Å². The summed E-state index contributed by atoms with van der Waals surface area (Å²) in [7, 11) is 0. The van der Waals surface area contributed by atoms with Gasteiger partial charge in [0.1, 0.15) is 4.34 Å². The van der Waals surface area contributed by atoms with E-state index in [0.717, 1.165) is 5.75 Å². The molecule has 0 fully saturated rings. The number of thiazole rings is 1. The van der Waals surface area contributed by atoms with Crippen molar-refractivity contribution in [3.8, 4) is 0 Å². The van der Waals surface area contributed by atoms with E-state index in [0.29, 0.717) is 0 Å². The van der Waals surface area contributed by atoms with E-state index in [1.165, 1.54) is 35.8 Å². The molecule has 1 nitrogen and oxygen atoms in total. The fourth-order valence-electron chi connectivity index (χ4n) is 1.01. The predicted molar refractivity (Wildman–Crippen MR) is 65.2 cm³/mol. The zero-order chi connectivity index (χ0) is 9.36. The van der Waals surface area contributed by atoms with E-state index in [1.54, 1.807) is 11.3 Å². The second kappa shape index (κ2) is 7.71. The maximum absolute atomic E-state index is 4.22. The summed E-state index contributed by atoms with van der Waals surface area (Å²) in [6.45, 7) is 0. The summed E-state index contributed by atoms with van der Waals surface area (Å²) >= 11 is 7.79. The molecule has 0 atom stereocenters. The number of unbranched alkanes of at least 4 members (excludes halogenated alkanes) is 3. The van der Waals surface area contributed by atoms with Crippen LogP contribution >= 0.6 is 35.7 Å². The van der Waals surface area contributed by atoms with Gasteiger partial charge in [-0.15, -0.1) is 11.3 Å². The molecule has 0 aliphatic heterocycles. The molecule has 0 aliphatic carbocycles. The van der Waals surface area contributed by atoms with Crippen LogP contribution in [0.3, 0.4) is 0 Å². The Morgan fingerprint density at radius 3 is 2.85 bits per heavy atom. The highest BCUT2D eigenvalue weighted by atomic mass is 32.2. The van der Waals surface area contributed by atoms with Gasteiger partial charge >= 0.3 is 0 Å². The first kappa shape index (κ1) is 11.4. The maximum Gasteiger partial charge on any atom is 0.149 e. The smallest absolute Gasteiger partial charge is 0.149 e. The van der Waals surface area contributed by atoms with Crippen LogP contribution < -0.4 is 0 Å². The quantitative estimate of drug-likeness (QED) is 0.438. The van der Waals surface area contributed by atoms with Crippen molar-refractivity contribution in [1.29, 1.82) is 0 Å². The lowest BCUT2D eigenvalue weighted by atomic mass is 10.2. The zero-order valence-electron chi connectivity index (χ0n) is 7.61. The molecular weight excluding hydrogens is 218 g/mol. The minimum absolute atomic E-state index is 1.03. The number of hydrogen-bond donors (Lipinski definition) is 1. The average Bonchev–Trinajstić information content (AvgIpc) is 2.63. The number of hydrogen-bond acceptors (Lipinski definition) is 4. The fraction of sp³-hybridized carbons (Fsp3) is 0.667. The van der Waals surface area contributed by atoms with Crippen molar-refractivity contribution in [3.63, 3.8) is 0 Å². The van der Waals surface area contributed by atoms with E-state index in [-0.39, 0.29) is 0 Å². The Labute approximate surface area is 93.8 Å². The van der Waals surface area contributed by atoms with Gasteiger partial charge in [0.25, 0.3) is 0 Å². The van der Waals surface area contributed by atoms with Crippen LogP contribution in [0.25, 0.3) is 0 Å². The molecule has 0 N–H and O–H groups in total. The van der Waals surface area contributed by atoms with Crippen molar-refractivity contribution < 1.29 is 0 Å². The largest absolute Gasteiger partial charge is 0.238 e. The van der Waals surface area contributed by atoms with Gasteiger partial charge in [-0.25, -0.2) is 4.98 Å². The Balaban J connectivity index is 1.90.